The Bertz CT molecular complexity index is 1160. The second kappa shape index (κ2) is 6.81. The molecule has 0 aliphatic rings. The number of amides is 2. The van der Waals surface area contributed by atoms with Crippen LogP contribution in [-0.2, 0) is 4.79 Å². The van der Waals surface area contributed by atoms with Crippen molar-refractivity contribution in [3.05, 3.63) is 70.6 Å². The number of nitrogens with one attached hydrogen (secondary N) is 1. The highest BCUT2D eigenvalue weighted by Crippen LogP contribution is 2.28. The molecule has 4 rings (SSSR count). The van der Waals surface area contributed by atoms with E-state index < -0.39 is 5.91 Å². The third-order valence-corrected chi connectivity index (χ3v) is 4.82. The molecular formula is C19H14BrN5O2. The largest absolute Gasteiger partial charge is 0.346 e. The number of aryl methyl sites for hydroxylation is 1. The molecule has 3 aromatic heterocycles. The summed E-state index contributed by atoms with van der Waals surface area (Å²) >= 11 is 3.41. The van der Waals surface area contributed by atoms with Crippen molar-refractivity contribution in [3.8, 4) is 5.69 Å². The number of carbonyl (C=O) groups is 2. The fraction of sp³-hybridized carbons (Fsp3) is 0.0526. The van der Waals surface area contributed by atoms with Crippen molar-refractivity contribution in [2.75, 3.05) is 4.90 Å². The monoisotopic (exact) mass is 423 g/mol. The van der Waals surface area contributed by atoms with Crippen LogP contribution in [0.1, 0.15) is 15.9 Å². The van der Waals surface area contributed by atoms with E-state index in [9.17, 15) is 9.59 Å². The van der Waals surface area contributed by atoms with E-state index in [1.165, 1.54) is 0 Å². The Balaban J connectivity index is 1.78. The summed E-state index contributed by atoms with van der Waals surface area (Å²) in [7, 11) is 0. The number of hydrogen-bond donors (Lipinski definition) is 1. The Morgan fingerprint density at radius 3 is 2.85 bits per heavy atom. The van der Waals surface area contributed by atoms with Crippen LogP contribution in [0.2, 0.25) is 0 Å². The maximum absolute atomic E-state index is 12.9. The molecule has 0 fully saturated rings. The highest BCUT2D eigenvalue weighted by molar-refractivity contribution is 9.10. The molecule has 0 saturated carbocycles. The van der Waals surface area contributed by atoms with Gasteiger partial charge in [-0.2, -0.15) is 0 Å². The summed E-state index contributed by atoms with van der Waals surface area (Å²) in [4.78, 5) is 32.9. The first-order valence-corrected chi connectivity index (χ1v) is 8.91. The number of benzene rings is 1. The van der Waals surface area contributed by atoms with E-state index in [4.69, 9.17) is 0 Å². The third-order valence-electron chi connectivity index (χ3n) is 4.26. The standard InChI is InChI=1S/C19H14BrN5O2/c1-12-4-2-3-5-13(12)19(27)24(11-26)18-15(20)10-25(23-18)16-7-9-22-17-14(16)6-8-21-17/h2-11H,1H3,(H,21,22). The molecule has 0 aliphatic carbocycles. The van der Waals surface area contributed by atoms with Gasteiger partial charge in [0.2, 0.25) is 6.41 Å². The smallest absolute Gasteiger partial charge is 0.266 e. The molecule has 0 bridgehead atoms. The Hall–Kier alpha value is -3.26. The third kappa shape index (κ3) is 2.93. The molecule has 1 aromatic carbocycles. The van der Waals surface area contributed by atoms with Crippen molar-refractivity contribution >= 4 is 45.1 Å². The molecule has 8 heteroatoms. The summed E-state index contributed by atoms with van der Waals surface area (Å²) in [6, 6.07) is 10.8. The molecule has 27 heavy (non-hydrogen) atoms. The van der Waals surface area contributed by atoms with E-state index in [1.807, 2.05) is 31.2 Å². The first kappa shape index (κ1) is 17.2. The number of pyridine rings is 1. The van der Waals surface area contributed by atoms with Crippen LogP contribution in [0.4, 0.5) is 5.82 Å². The minimum Gasteiger partial charge on any atom is -0.346 e. The Morgan fingerprint density at radius 2 is 2.07 bits per heavy atom. The predicted octanol–water partition coefficient (Wildman–Crippen LogP) is 3.62. The molecule has 1 N–H and O–H groups in total. The summed E-state index contributed by atoms with van der Waals surface area (Å²) < 4.78 is 2.14. The van der Waals surface area contributed by atoms with E-state index in [0.29, 0.717) is 16.4 Å². The highest BCUT2D eigenvalue weighted by atomic mass is 79.9. The maximum atomic E-state index is 12.9. The summed E-state index contributed by atoms with van der Waals surface area (Å²) in [6.07, 6.45) is 5.64. The SMILES string of the molecule is Cc1ccccc1C(=O)N(C=O)c1nn(-c2ccnc3[nH]ccc23)cc1Br. The van der Waals surface area contributed by atoms with Crippen LogP contribution in [0.3, 0.4) is 0 Å². The summed E-state index contributed by atoms with van der Waals surface area (Å²) in [5, 5.41) is 5.34. The topological polar surface area (TPSA) is 83.9 Å². The van der Waals surface area contributed by atoms with E-state index in [1.54, 1.807) is 35.4 Å². The number of carbonyl (C=O) groups excluding carboxylic acids is 2. The lowest BCUT2D eigenvalue weighted by molar-refractivity contribution is -0.107. The van der Waals surface area contributed by atoms with Gasteiger partial charge in [0.15, 0.2) is 5.82 Å². The lowest BCUT2D eigenvalue weighted by Crippen LogP contribution is -2.30. The number of halogens is 1. The van der Waals surface area contributed by atoms with Gasteiger partial charge in [0.25, 0.3) is 5.91 Å². The first-order chi connectivity index (χ1) is 13.1. The number of fused-ring (bicyclic) bond motifs is 1. The van der Waals surface area contributed by atoms with Crippen molar-refractivity contribution in [1.29, 1.82) is 0 Å². The van der Waals surface area contributed by atoms with Crippen molar-refractivity contribution in [2.24, 2.45) is 0 Å². The van der Waals surface area contributed by atoms with E-state index >= 15 is 0 Å². The molecule has 0 unspecified atom stereocenters. The van der Waals surface area contributed by atoms with Gasteiger partial charge in [-0.3, -0.25) is 9.59 Å². The van der Waals surface area contributed by atoms with E-state index in [0.717, 1.165) is 27.2 Å². The van der Waals surface area contributed by atoms with Crippen molar-refractivity contribution in [3.63, 3.8) is 0 Å². The van der Waals surface area contributed by atoms with Crippen LogP contribution >= 0.6 is 15.9 Å². The van der Waals surface area contributed by atoms with Crippen molar-refractivity contribution in [2.45, 2.75) is 6.92 Å². The fourth-order valence-corrected chi connectivity index (χ4v) is 3.38. The van der Waals surface area contributed by atoms with Crippen LogP contribution < -0.4 is 4.90 Å². The molecular weight excluding hydrogens is 410 g/mol. The highest BCUT2D eigenvalue weighted by Gasteiger charge is 2.24. The lowest BCUT2D eigenvalue weighted by atomic mass is 10.1. The maximum Gasteiger partial charge on any atom is 0.266 e. The number of imide groups is 1. The van der Waals surface area contributed by atoms with Gasteiger partial charge in [0.05, 0.1) is 10.2 Å². The van der Waals surface area contributed by atoms with Gasteiger partial charge in [-0.15, -0.1) is 5.10 Å². The number of aromatic amines is 1. The second-order valence-electron chi connectivity index (χ2n) is 5.91. The molecule has 0 aliphatic heterocycles. The van der Waals surface area contributed by atoms with Crippen LogP contribution in [-0.4, -0.2) is 32.1 Å². The summed E-state index contributed by atoms with van der Waals surface area (Å²) in [5.41, 5.74) is 2.74. The molecule has 0 spiro atoms. The Kier molecular flexibility index (Phi) is 4.33. The minimum absolute atomic E-state index is 0.221. The molecule has 0 radical (unpaired) electrons. The lowest BCUT2D eigenvalue weighted by Gasteiger charge is -2.14. The minimum atomic E-state index is -0.435. The Labute approximate surface area is 162 Å². The predicted molar refractivity (Wildman–Crippen MR) is 105 cm³/mol. The van der Waals surface area contributed by atoms with Crippen molar-refractivity contribution in [1.82, 2.24) is 19.7 Å². The van der Waals surface area contributed by atoms with Gasteiger partial charge in [0, 0.05) is 29.5 Å². The zero-order chi connectivity index (χ0) is 19.0. The zero-order valence-corrected chi connectivity index (χ0v) is 15.8. The van der Waals surface area contributed by atoms with Gasteiger partial charge in [0.1, 0.15) is 5.65 Å². The number of aromatic nitrogens is 4. The van der Waals surface area contributed by atoms with Crippen LogP contribution in [0.5, 0.6) is 0 Å². The number of H-pyrrole nitrogens is 1. The molecule has 134 valence electrons. The summed E-state index contributed by atoms with van der Waals surface area (Å²) in [5.74, 6) is -0.214. The number of hydrogen-bond acceptors (Lipinski definition) is 4. The second-order valence-corrected chi connectivity index (χ2v) is 6.77. The number of rotatable bonds is 4. The van der Waals surface area contributed by atoms with Crippen LogP contribution in [0.25, 0.3) is 16.7 Å². The van der Waals surface area contributed by atoms with Gasteiger partial charge >= 0.3 is 0 Å². The first-order valence-electron chi connectivity index (χ1n) is 8.12. The quantitative estimate of drug-likeness (QED) is 0.508. The molecule has 7 nitrogen and oxygen atoms in total. The molecule has 3 heterocycles. The normalized spacial score (nSPS) is 10.9. The van der Waals surface area contributed by atoms with Crippen molar-refractivity contribution < 1.29 is 9.59 Å². The van der Waals surface area contributed by atoms with Gasteiger partial charge < -0.3 is 4.98 Å². The van der Waals surface area contributed by atoms with Crippen LogP contribution in [0, 0.1) is 6.92 Å². The average Bonchev–Trinajstić information content (AvgIpc) is 3.29. The van der Waals surface area contributed by atoms with E-state index in [2.05, 4.69) is 31.0 Å². The molecule has 4 aromatic rings. The Morgan fingerprint density at radius 1 is 1.26 bits per heavy atom. The molecule has 2 amide bonds. The van der Waals surface area contributed by atoms with Gasteiger partial charge in [-0.1, -0.05) is 18.2 Å². The van der Waals surface area contributed by atoms with Gasteiger partial charge in [-0.05, 0) is 46.6 Å². The fourth-order valence-electron chi connectivity index (χ4n) is 2.91. The zero-order valence-electron chi connectivity index (χ0n) is 14.3. The molecule has 0 atom stereocenters. The van der Waals surface area contributed by atoms with Gasteiger partial charge in [-0.25, -0.2) is 14.6 Å². The number of anilines is 1. The molecule has 0 saturated heterocycles. The van der Waals surface area contributed by atoms with Crippen LogP contribution in [0.15, 0.2) is 59.5 Å². The van der Waals surface area contributed by atoms with E-state index in [-0.39, 0.29) is 5.82 Å². The average molecular weight is 424 g/mol. The summed E-state index contributed by atoms with van der Waals surface area (Å²) in [6.45, 7) is 1.82. The number of nitrogens with zero attached hydrogens (tertiary/aromatic N) is 4.